The third kappa shape index (κ3) is 3.32. The Morgan fingerprint density at radius 1 is 1.12 bits per heavy atom. The topological polar surface area (TPSA) is 55.8 Å². The van der Waals surface area contributed by atoms with E-state index in [9.17, 15) is 0 Å². The van der Waals surface area contributed by atoms with E-state index in [-0.39, 0.29) is 12.8 Å². The van der Waals surface area contributed by atoms with Crippen molar-refractivity contribution < 1.29 is 18.9 Å². The molecule has 4 heterocycles. The molecule has 1 saturated heterocycles. The molecule has 1 fully saturated rings. The summed E-state index contributed by atoms with van der Waals surface area (Å²) >= 11 is 0. The van der Waals surface area contributed by atoms with Gasteiger partial charge in [0.15, 0.2) is 23.0 Å². The van der Waals surface area contributed by atoms with E-state index in [4.69, 9.17) is 24.0 Å². The Morgan fingerprint density at radius 3 is 2.73 bits per heavy atom. The van der Waals surface area contributed by atoms with Crippen LogP contribution in [0.2, 0.25) is 0 Å². The molecule has 7 nitrogen and oxygen atoms in total. The van der Waals surface area contributed by atoms with E-state index in [1.165, 1.54) is 0 Å². The second-order valence-corrected chi connectivity index (χ2v) is 9.46. The molecule has 0 saturated carbocycles. The highest BCUT2D eigenvalue weighted by Gasteiger charge is 2.52. The van der Waals surface area contributed by atoms with E-state index in [2.05, 4.69) is 42.0 Å². The van der Waals surface area contributed by atoms with E-state index < -0.39 is 5.72 Å². The molecule has 0 aliphatic carbocycles. The Hall–Kier alpha value is -2.93. The Kier molecular flexibility index (Phi) is 4.91. The number of fused-ring (bicyclic) bond motifs is 5. The summed E-state index contributed by atoms with van der Waals surface area (Å²) in [4.78, 5) is 2.52. The van der Waals surface area contributed by atoms with Gasteiger partial charge < -0.3 is 23.8 Å². The first kappa shape index (κ1) is 20.7. The summed E-state index contributed by atoms with van der Waals surface area (Å²) in [6.45, 7) is 9.40. The molecule has 4 aliphatic rings. The number of ether oxygens (including phenoxy) is 4. The van der Waals surface area contributed by atoms with Crippen molar-refractivity contribution in [1.29, 1.82) is 0 Å². The molecule has 1 unspecified atom stereocenters. The Bertz CT molecular complexity index is 1090. The van der Waals surface area contributed by atoms with Crippen molar-refractivity contribution in [3.05, 3.63) is 47.5 Å². The van der Waals surface area contributed by atoms with E-state index in [0.717, 1.165) is 72.2 Å². The number of hydrogen-bond donors (Lipinski definition) is 0. The molecule has 7 heteroatoms. The molecule has 2 aromatic carbocycles. The summed E-state index contributed by atoms with van der Waals surface area (Å²) in [5.74, 6) is 3.30. The molecular formula is C26H31N3O4. The lowest BCUT2D eigenvalue weighted by atomic mass is 9.90. The van der Waals surface area contributed by atoms with Crippen molar-refractivity contribution in [2.24, 2.45) is 5.10 Å². The zero-order valence-electron chi connectivity index (χ0n) is 19.5. The quantitative estimate of drug-likeness (QED) is 0.682. The third-order valence-electron chi connectivity index (χ3n) is 7.30. The molecule has 1 spiro atoms. The van der Waals surface area contributed by atoms with Gasteiger partial charge in [-0.3, -0.25) is 0 Å². The van der Waals surface area contributed by atoms with Gasteiger partial charge in [0.25, 0.3) is 0 Å². The minimum absolute atomic E-state index is 0.125. The maximum absolute atomic E-state index is 6.87. The normalized spacial score (nSPS) is 22.7. The van der Waals surface area contributed by atoms with Gasteiger partial charge in [-0.1, -0.05) is 12.1 Å². The summed E-state index contributed by atoms with van der Waals surface area (Å²) in [5.41, 5.74) is 2.82. The minimum Gasteiger partial charge on any atom is -0.490 e. The molecule has 6 rings (SSSR count). The maximum Gasteiger partial charge on any atom is 0.231 e. The Balaban J connectivity index is 1.40. The van der Waals surface area contributed by atoms with Crippen molar-refractivity contribution >= 4 is 5.71 Å². The molecule has 0 aromatic heterocycles. The summed E-state index contributed by atoms with van der Waals surface area (Å²) in [6.07, 6.45) is 2.63. The molecular weight excluding hydrogens is 418 g/mol. The Labute approximate surface area is 194 Å². The van der Waals surface area contributed by atoms with Crippen molar-refractivity contribution in [2.45, 2.75) is 57.8 Å². The summed E-state index contributed by atoms with van der Waals surface area (Å²) in [7, 11) is 0. The van der Waals surface area contributed by atoms with Gasteiger partial charge in [-0.05, 0) is 45.0 Å². The van der Waals surface area contributed by atoms with Gasteiger partial charge >= 0.3 is 0 Å². The van der Waals surface area contributed by atoms with Crippen LogP contribution in [0.1, 0.15) is 57.2 Å². The summed E-state index contributed by atoms with van der Waals surface area (Å²) < 4.78 is 24.0. The van der Waals surface area contributed by atoms with Crippen molar-refractivity contribution in [1.82, 2.24) is 9.91 Å². The fourth-order valence-corrected chi connectivity index (χ4v) is 5.51. The van der Waals surface area contributed by atoms with Crippen LogP contribution in [0.15, 0.2) is 41.5 Å². The molecule has 1 atom stereocenters. The monoisotopic (exact) mass is 449 g/mol. The zero-order valence-corrected chi connectivity index (χ0v) is 19.5. The van der Waals surface area contributed by atoms with E-state index in [0.29, 0.717) is 12.6 Å². The van der Waals surface area contributed by atoms with Gasteiger partial charge in [-0.2, -0.15) is 5.10 Å². The second kappa shape index (κ2) is 7.83. The molecule has 174 valence electrons. The first-order chi connectivity index (χ1) is 16.1. The smallest absolute Gasteiger partial charge is 0.231 e. The van der Waals surface area contributed by atoms with Crippen LogP contribution < -0.4 is 18.9 Å². The lowest BCUT2D eigenvalue weighted by Gasteiger charge is -2.51. The molecule has 0 amide bonds. The van der Waals surface area contributed by atoms with Crippen LogP contribution in [0.5, 0.6) is 23.0 Å². The maximum atomic E-state index is 6.87. The number of hydrazone groups is 1. The van der Waals surface area contributed by atoms with Crippen LogP contribution in [-0.4, -0.2) is 53.9 Å². The Morgan fingerprint density at radius 2 is 1.94 bits per heavy atom. The van der Waals surface area contributed by atoms with Crippen LogP contribution in [0, 0.1) is 0 Å². The van der Waals surface area contributed by atoms with E-state index in [1.54, 1.807) is 0 Å². The van der Waals surface area contributed by atoms with Gasteiger partial charge in [0.1, 0.15) is 0 Å². The number of benzene rings is 2. The van der Waals surface area contributed by atoms with Gasteiger partial charge in [0, 0.05) is 49.5 Å². The molecule has 0 radical (unpaired) electrons. The molecule has 2 aromatic rings. The van der Waals surface area contributed by atoms with Gasteiger partial charge in [0.05, 0.1) is 18.4 Å². The van der Waals surface area contributed by atoms with Crippen LogP contribution in [0.4, 0.5) is 0 Å². The first-order valence-corrected chi connectivity index (χ1v) is 12.0. The summed E-state index contributed by atoms with van der Waals surface area (Å²) in [6, 6.07) is 13.0. The molecule has 0 N–H and O–H groups in total. The van der Waals surface area contributed by atoms with Gasteiger partial charge in [-0.25, -0.2) is 5.01 Å². The highest BCUT2D eigenvalue weighted by molar-refractivity contribution is 6.02. The average molecular weight is 450 g/mol. The number of para-hydroxylation sites is 1. The summed E-state index contributed by atoms with van der Waals surface area (Å²) in [5, 5.41) is 7.45. The van der Waals surface area contributed by atoms with Gasteiger partial charge in [0.2, 0.25) is 12.5 Å². The SMILES string of the molecule is CCOc1cccc2c1OC1(CCN(C(C)C)CC1)N1N=C(c3ccc4c(c3)OCO4)CC21. The number of rotatable bonds is 4. The van der Waals surface area contributed by atoms with E-state index >= 15 is 0 Å². The number of nitrogens with zero attached hydrogens (tertiary/aromatic N) is 3. The predicted molar refractivity (Wildman–Crippen MR) is 125 cm³/mol. The molecule has 0 bridgehead atoms. The lowest BCUT2D eigenvalue weighted by molar-refractivity contribution is -0.153. The molecule has 4 aliphatic heterocycles. The largest absolute Gasteiger partial charge is 0.490 e. The van der Waals surface area contributed by atoms with Crippen LogP contribution in [-0.2, 0) is 0 Å². The van der Waals surface area contributed by atoms with E-state index in [1.807, 2.05) is 25.1 Å². The lowest BCUT2D eigenvalue weighted by Crippen LogP contribution is -2.59. The van der Waals surface area contributed by atoms with Crippen molar-refractivity contribution in [3.63, 3.8) is 0 Å². The third-order valence-corrected chi connectivity index (χ3v) is 7.30. The standard InChI is InChI=1S/C26H31N3O4/c1-4-30-23-7-5-6-19-21-15-20(18-8-9-22-24(14-18)32-16-31-22)27-29(21)26(33-25(19)23)10-12-28(13-11-26)17(2)3/h5-9,14,17,21H,4,10-13,15-16H2,1-3H3. The van der Waals surface area contributed by atoms with Crippen LogP contribution in [0.3, 0.4) is 0 Å². The average Bonchev–Trinajstić information content (AvgIpc) is 3.48. The van der Waals surface area contributed by atoms with Crippen molar-refractivity contribution in [3.8, 4) is 23.0 Å². The predicted octanol–water partition coefficient (Wildman–Crippen LogP) is 4.56. The zero-order chi connectivity index (χ0) is 22.6. The number of likely N-dealkylation sites (tertiary alicyclic amines) is 1. The molecule has 33 heavy (non-hydrogen) atoms. The highest BCUT2D eigenvalue weighted by atomic mass is 16.7. The van der Waals surface area contributed by atoms with Crippen molar-refractivity contribution in [2.75, 3.05) is 26.5 Å². The minimum atomic E-state index is -0.464. The fraction of sp³-hybridized carbons (Fsp3) is 0.500. The second-order valence-electron chi connectivity index (χ2n) is 9.46. The van der Waals surface area contributed by atoms with Crippen LogP contribution in [0.25, 0.3) is 0 Å². The highest BCUT2D eigenvalue weighted by Crippen LogP contribution is 2.53. The van der Waals surface area contributed by atoms with Gasteiger partial charge in [-0.15, -0.1) is 0 Å². The first-order valence-electron chi connectivity index (χ1n) is 12.0. The number of hydrogen-bond acceptors (Lipinski definition) is 7. The fourth-order valence-electron chi connectivity index (χ4n) is 5.51. The van der Waals surface area contributed by atoms with Crippen LogP contribution >= 0.6 is 0 Å². The number of piperidine rings is 1.